The van der Waals surface area contributed by atoms with Gasteiger partial charge in [0.1, 0.15) is 12.0 Å². The lowest BCUT2D eigenvalue weighted by molar-refractivity contribution is 0.0160. The maximum atomic E-state index is 12.4. The van der Waals surface area contributed by atoms with Crippen LogP contribution in [0.5, 0.6) is 5.75 Å². The average Bonchev–Trinajstić information content (AvgIpc) is 3.23. The molecule has 0 bridgehead atoms. The normalized spacial score (nSPS) is 13.7. The van der Waals surface area contributed by atoms with E-state index in [9.17, 15) is 4.79 Å². The number of anilines is 2. The molecule has 0 radical (unpaired) electrons. The van der Waals surface area contributed by atoms with Gasteiger partial charge < -0.3 is 20.1 Å². The minimum atomic E-state index is -2.69. The topological polar surface area (TPSA) is 103 Å². The number of nitrogens with zero attached hydrogens (tertiary/aromatic N) is 4. The molecule has 1 unspecified atom stereocenters. The van der Waals surface area contributed by atoms with Crippen LogP contribution in [0.15, 0.2) is 36.7 Å². The smallest absolute Gasteiger partial charge is 0.273 e. The highest BCUT2D eigenvalue weighted by molar-refractivity contribution is 6.29. The number of para-hydroxylation sites is 1. The van der Waals surface area contributed by atoms with Crippen molar-refractivity contribution in [2.24, 2.45) is 0 Å². The highest BCUT2D eigenvalue weighted by Crippen LogP contribution is 2.38. The molecule has 0 spiro atoms. The number of rotatable bonds is 8. The van der Waals surface area contributed by atoms with Crippen LogP contribution in [0.25, 0.3) is 11.1 Å². The number of hydrogen-bond acceptors (Lipinski definition) is 7. The summed E-state index contributed by atoms with van der Waals surface area (Å²) in [6, 6.07) is 6.75. The molecule has 10 heteroatoms. The van der Waals surface area contributed by atoms with Crippen molar-refractivity contribution in [3.63, 3.8) is 0 Å². The van der Waals surface area contributed by atoms with Crippen LogP contribution in [0.1, 0.15) is 34.7 Å². The van der Waals surface area contributed by atoms with Gasteiger partial charge in [-0.25, -0.2) is 4.68 Å². The molecule has 9 nitrogen and oxygen atoms in total. The summed E-state index contributed by atoms with van der Waals surface area (Å²) in [6.07, 6.45) is 3.29. The van der Waals surface area contributed by atoms with Crippen molar-refractivity contribution >= 4 is 28.9 Å². The maximum Gasteiger partial charge on any atom is 0.273 e. The van der Waals surface area contributed by atoms with Gasteiger partial charge in [-0.2, -0.15) is 5.10 Å². The van der Waals surface area contributed by atoms with Crippen LogP contribution in [0.2, 0.25) is 5.15 Å². The Labute approximate surface area is 183 Å². The minimum Gasteiger partial charge on any atom is -0.494 e. The van der Waals surface area contributed by atoms with E-state index in [0.717, 1.165) is 11.1 Å². The van der Waals surface area contributed by atoms with Crippen molar-refractivity contribution in [1.82, 2.24) is 25.3 Å². The molecule has 2 N–H and O–H groups in total. The summed E-state index contributed by atoms with van der Waals surface area (Å²) in [5.74, 6) is -0.459. The third-order valence-electron chi connectivity index (χ3n) is 4.27. The molecule has 0 aliphatic carbocycles. The lowest BCUT2D eigenvalue weighted by atomic mass is 10.1. The third-order valence-corrected chi connectivity index (χ3v) is 4.46. The van der Waals surface area contributed by atoms with Gasteiger partial charge in [-0.3, -0.25) is 4.79 Å². The third kappa shape index (κ3) is 4.52. The van der Waals surface area contributed by atoms with E-state index < -0.39 is 12.9 Å². The Morgan fingerprint density at radius 2 is 2.20 bits per heavy atom. The molecule has 0 aliphatic heterocycles. The molecule has 2 aromatic heterocycles. The second-order valence-corrected chi connectivity index (χ2v) is 6.55. The molecular weight excluding hydrogens is 408 g/mol. The molecule has 0 aliphatic rings. The van der Waals surface area contributed by atoms with Gasteiger partial charge in [0.15, 0.2) is 10.8 Å². The zero-order valence-corrected chi connectivity index (χ0v) is 17.4. The largest absolute Gasteiger partial charge is 0.494 e. The SMILES string of the molecule is [2H]C([2H])([2H])NC(=O)c1nnc(Cl)cc1Nc1cccc(-c2cnn(C(C)OCC)c2)c1OC. The summed E-state index contributed by atoms with van der Waals surface area (Å²) in [5, 5.41) is 16.7. The van der Waals surface area contributed by atoms with E-state index in [4.69, 9.17) is 25.2 Å². The molecule has 3 aromatic rings. The predicted octanol–water partition coefficient (Wildman–Crippen LogP) is 3.66. The Morgan fingerprint density at radius 1 is 1.37 bits per heavy atom. The van der Waals surface area contributed by atoms with Crippen LogP contribution in [0.4, 0.5) is 11.4 Å². The fourth-order valence-electron chi connectivity index (χ4n) is 2.91. The summed E-state index contributed by atoms with van der Waals surface area (Å²) in [5.41, 5.74) is 1.94. The number of carbonyl (C=O) groups is 1. The van der Waals surface area contributed by atoms with Crippen molar-refractivity contribution < 1.29 is 18.4 Å². The van der Waals surface area contributed by atoms with Crippen molar-refractivity contribution in [3.8, 4) is 16.9 Å². The summed E-state index contributed by atoms with van der Waals surface area (Å²) < 4.78 is 34.7. The van der Waals surface area contributed by atoms with E-state index in [1.807, 2.05) is 31.4 Å². The van der Waals surface area contributed by atoms with Gasteiger partial charge in [-0.1, -0.05) is 23.7 Å². The van der Waals surface area contributed by atoms with Crippen LogP contribution in [-0.2, 0) is 4.74 Å². The Morgan fingerprint density at radius 3 is 2.93 bits per heavy atom. The van der Waals surface area contributed by atoms with Gasteiger partial charge in [0.25, 0.3) is 5.91 Å². The fraction of sp³-hybridized carbons (Fsp3) is 0.300. The minimum absolute atomic E-state index is 0.0178. The molecule has 158 valence electrons. The summed E-state index contributed by atoms with van der Waals surface area (Å²) in [4.78, 5) is 12.4. The summed E-state index contributed by atoms with van der Waals surface area (Å²) >= 11 is 5.97. The number of nitrogens with one attached hydrogen (secondary N) is 2. The van der Waals surface area contributed by atoms with Crippen LogP contribution < -0.4 is 15.4 Å². The Kier molecular flexibility index (Phi) is 5.63. The Bertz CT molecular complexity index is 1140. The van der Waals surface area contributed by atoms with E-state index in [1.165, 1.54) is 13.2 Å². The number of aromatic nitrogens is 4. The molecular formula is C20H23ClN6O3. The summed E-state index contributed by atoms with van der Waals surface area (Å²) in [7, 11) is 1.51. The Balaban J connectivity index is 1.98. The van der Waals surface area contributed by atoms with Gasteiger partial charge in [0, 0.05) is 41.1 Å². The first-order chi connectivity index (χ1) is 15.6. The van der Waals surface area contributed by atoms with Crippen LogP contribution in [0.3, 0.4) is 0 Å². The van der Waals surface area contributed by atoms with Crippen LogP contribution in [0, 0.1) is 0 Å². The second-order valence-electron chi connectivity index (χ2n) is 6.16. The van der Waals surface area contributed by atoms with E-state index in [2.05, 4.69) is 20.6 Å². The van der Waals surface area contributed by atoms with E-state index in [1.54, 1.807) is 23.0 Å². The molecule has 1 amide bonds. The number of hydrogen-bond donors (Lipinski definition) is 2. The molecule has 0 saturated heterocycles. The first-order valence-electron chi connectivity index (χ1n) is 10.6. The van der Waals surface area contributed by atoms with E-state index >= 15 is 0 Å². The van der Waals surface area contributed by atoms with Gasteiger partial charge in [-0.05, 0) is 19.9 Å². The molecule has 3 rings (SSSR count). The lowest BCUT2D eigenvalue weighted by Crippen LogP contribution is -2.21. The van der Waals surface area contributed by atoms with Crippen molar-refractivity contribution in [1.29, 1.82) is 0 Å². The van der Waals surface area contributed by atoms with Gasteiger partial charge in [0.05, 0.1) is 24.7 Å². The van der Waals surface area contributed by atoms with E-state index in [0.29, 0.717) is 18.0 Å². The quantitative estimate of drug-likeness (QED) is 0.558. The number of benzene rings is 1. The highest BCUT2D eigenvalue weighted by atomic mass is 35.5. The van der Waals surface area contributed by atoms with E-state index in [-0.39, 0.29) is 22.8 Å². The molecule has 0 saturated carbocycles. The second kappa shape index (κ2) is 9.55. The first kappa shape index (κ1) is 17.7. The van der Waals surface area contributed by atoms with Crippen LogP contribution >= 0.6 is 11.6 Å². The maximum absolute atomic E-state index is 12.4. The average molecular weight is 434 g/mol. The molecule has 30 heavy (non-hydrogen) atoms. The molecule has 1 aromatic carbocycles. The standard InChI is InChI=1S/C20H23ClN6O3/c1-5-30-12(2)27-11-13(10-23-27)14-7-6-8-15(19(14)29-4)24-16-9-17(21)25-26-18(16)20(28)22-3/h6-12H,5H2,1-4H3,(H,22,28)(H,24,25)/i3D3. The van der Waals surface area contributed by atoms with Gasteiger partial charge in [-0.15, -0.1) is 10.2 Å². The van der Waals surface area contributed by atoms with Crippen molar-refractivity contribution in [2.75, 3.05) is 26.0 Å². The molecule has 0 fully saturated rings. The van der Waals surface area contributed by atoms with Crippen LogP contribution in [-0.4, -0.2) is 46.6 Å². The fourth-order valence-corrected chi connectivity index (χ4v) is 3.06. The number of carbonyl (C=O) groups excluding carboxylic acids is 1. The van der Waals surface area contributed by atoms with Gasteiger partial charge in [0.2, 0.25) is 0 Å². The van der Waals surface area contributed by atoms with Gasteiger partial charge >= 0.3 is 0 Å². The number of amides is 1. The first-order valence-corrected chi connectivity index (χ1v) is 9.46. The monoisotopic (exact) mass is 433 g/mol. The van der Waals surface area contributed by atoms with Crippen molar-refractivity contribution in [2.45, 2.75) is 20.1 Å². The molecule has 2 heterocycles. The lowest BCUT2D eigenvalue weighted by Gasteiger charge is -2.16. The van der Waals surface area contributed by atoms with Crippen molar-refractivity contribution in [3.05, 3.63) is 47.5 Å². The zero-order valence-electron chi connectivity index (χ0n) is 19.6. The zero-order chi connectivity index (χ0) is 24.2. The number of methoxy groups -OCH3 is 1. The highest BCUT2D eigenvalue weighted by Gasteiger charge is 2.18. The number of ether oxygens (including phenoxy) is 2. The number of halogens is 1. The Hall–Kier alpha value is -3.17. The molecule has 1 atom stereocenters. The predicted molar refractivity (Wildman–Crippen MR) is 114 cm³/mol. The summed E-state index contributed by atoms with van der Waals surface area (Å²) in [6.45, 7) is 1.67.